The van der Waals surface area contributed by atoms with Crippen LogP contribution >= 0.6 is 0 Å². The summed E-state index contributed by atoms with van der Waals surface area (Å²) in [6.45, 7) is 19.0. The average molecular weight is 504 g/mol. The van der Waals surface area contributed by atoms with E-state index in [1.807, 2.05) is 29.1 Å². The van der Waals surface area contributed by atoms with Crippen molar-refractivity contribution >= 4 is 25.8 Å². The predicted octanol–water partition coefficient (Wildman–Crippen LogP) is 6.24. The van der Waals surface area contributed by atoms with Crippen molar-refractivity contribution in [1.82, 2.24) is 19.7 Å². The van der Waals surface area contributed by atoms with Crippen molar-refractivity contribution in [1.29, 1.82) is 5.26 Å². The highest BCUT2D eigenvalue weighted by Gasteiger charge is 2.42. The van der Waals surface area contributed by atoms with Crippen molar-refractivity contribution in [3.8, 4) is 17.3 Å². The number of hydrogen-bond acceptors (Lipinski definition) is 7. The van der Waals surface area contributed by atoms with E-state index in [2.05, 4.69) is 87.5 Å². The quantitative estimate of drug-likeness (QED) is 0.368. The van der Waals surface area contributed by atoms with E-state index in [1.54, 1.807) is 6.20 Å². The maximum Gasteiger partial charge on any atom is 0.228 e. The van der Waals surface area contributed by atoms with Gasteiger partial charge in [-0.1, -0.05) is 27.7 Å². The molecule has 3 aromatic rings. The Hall–Kier alpha value is -3.22. The van der Waals surface area contributed by atoms with E-state index in [4.69, 9.17) is 9.41 Å². The summed E-state index contributed by atoms with van der Waals surface area (Å²) in [7, 11) is -1.92. The number of nitriles is 1. The molecular weight excluding hydrogens is 466 g/mol. The molecule has 0 saturated carbocycles. The normalized spacial score (nSPS) is 17.6. The van der Waals surface area contributed by atoms with Crippen LogP contribution in [0.2, 0.25) is 18.1 Å². The van der Waals surface area contributed by atoms with E-state index in [1.165, 1.54) is 0 Å². The van der Waals surface area contributed by atoms with Crippen molar-refractivity contribution in [3.63, 3.8) is 0 Å². The predicted molar refractivity (Wildman–Crippen MR) is 147 cm³/mol. The lowest BCUT2D eigenvalue weighted by molar-refractivity contribution is 0.220. The smallest absolute Gasteiger partial charge is 0.228 e. The first kappa shape index (κ1) is 25.9. The number of rotatable bonds is 7. The summed E-state index contributed by atoms with van der Waals surface area (Å²) in [6, 6.07) is 10.5. The molecule has 4 rings (SSSR count). The van der Waals surface area contributed by atoms with E-state index in [-0.39, 0.29) is 16.5 Å². The molecule has 0 bridgehead atoms. The van der Waals surface area contributed by atoms with Crippen molar-refractivity contribution < 1.29 is 4.43 Å². The van der Waals surface area contributed by atoms with E-state index < -0.39 is 8.32 Å². The lowest BCUT2D eigenvalue weighted by Gasteiger charge is -2.39. The first-order valence-electron chi connectivity index (χ1n) is 12.4. The molecule has 0 radical (unpaired) electrons. The summed E-state index contributed by atoms with van der Waals surface area (Å²) < 4.78 is 8.51. The molecule has 1 aliphatic rings. The van der Waals surface area contributed by atoms with Gasteiger partial charge in [0.2, 0.25) is 5.95 Å². The minimum Gasteiger partial charge on any atom is -0.416 e. The van der Waals surface area contributed by atoms with Crippen LogP contribution in [0.15, 0.2) is 36.7 Å². The molecule has 8 nitrogen and oxygen atoms in total. The molecule has 0 amide bonds. The summed E-state index contributed by atoms with van der Waals surface area (Å²) in [5.41, 5.74) is 3.99. The van der Waals surface area contributed by atoms with Crippen molar-refractivity contribution in [2.45, 2.75) is 71.1 Å². The van der Waals surface area contributed by atoms with Crippen LogP contribution in [0.5, 0.6) is 0 Å². The van der Waals surface area contributed by atoms with Crippen LogP contribution in [0.3, 0.4) is 0 Å². The molecule has 3 heterocycles. The minimum atomic E-state index is -1.92. The van der Waals surface area contributed by atoms with E-state index >= 15 is 0 Å². The summed E-state index contributed by atoms with van der Waals surface area (Å²) in [5, 5.41) is 21.3. The third kappa shape index (κ3) is 5.01. The monoisotopic (exact) mass is 503 g/mol. The first-order valence-corrected chi connectivity index (χ1v) is 15.4. The second kappa shape index (κ2) is 9.34. The Morgan fingerprint density at radius 3 is 2.67 bits per heavy atom. The van der Waals surface area contributed by atoms with Gasteiger partial charge in [-0.15, -0.1) is 0 Å². The number of benzene rings is 1. The standard InChI is InChI=1S/C27H37N7OSi/c1-18(2)34-12-10-23(33-34)32-25-29-11-9-22(31-25)19-13-20(15-28)24-21(14-19)27(6,16-30-24)17-35-36(7,8)26(3,4)5/h9-14,18,30H,16-17H2,1-8H3,(H,29,31,32,33). The Bertz CT molecular complexity index is 1300. The first-order chi connectivity index (χ1) is 16.8. The largest absolute Gasteiger partial charge is 0.416 e. The third-order valence-corrected chi connectivity index (χ3v) is 11.9. The second-order valence-corrected chi connectivity index (χ2v) is 16.5. The van der Waals surface area contributed by atoms with Crippen LogP contribution in [0, 0.1) is 11.3 Å². The molecule has 2 aromatic heterocycles. The van der Waals surface area contributed by atoms with Crippen LogP contribution in [0.1, 0.15) is 58.7 Å². The molecule has 1 aliphatic heterocycles. The van der Waals surface area contributed by atoms with Gasteiger partial charge in [-0.05, 0) is 55.7 Å². The highest BCUT2D eigenvalue weighted by molar-refractivity contribution is 6.74. The fraction of sp³-hybridized carbons (Fsp3) is 0.481. The van der Waals surface area contributed by atoms with Crippen LogP contribution in [-0.2, 0) is 9.84 Å². The lowest BCUT2D eigenvalue weighted by atomic mass is 9.83. The summed E-state index contributed by atoms with van der Waals surface area (Å²) in [6.07, 6.45) is 3.65. The maximum absolute atomic E-state index is 9.94. The number of anilines is 3. The van der Waals surface area contributed by atoms with Crippen LogP contribution in [0.4, 0.5) is 17.5 Å². The summed E-state index contributed by atoms with van der Waals surface area (Å²) in [4.78, 5) is 9.11. The lowest BCUT2D eigenvalue weighted by Crippen LogP contribution is -2.45. The van der Waals surface area contributed by atoms with Gasteiger partial charge in [0.15, 0.2) is 14.1 Å². The molecule has 9 heteroatoms. The van der Waals surface area contributed by atoms with Crippen molar-refractivity contribution in [2.24, 2.45) is 0 Å². The van der Waals surface area contributed by atoms with Crippen LogP contribution in [0.25, 0.3) is 11.3 Å². The fourth-order valence-corrected chi connectivity index (χ4v) is 5.11. The zero-order chi connectivity index (χ0) is 26.3. The summed E-state index contributed by atoms with van der Waals surface area (Å²) >= 11 is 0. The number of nitrogens with one attached hydrogen (secondary N) is 2. The molecule has 36 heavy (non-hydrogen) atoms. The number of aromatic nitrogens is 4. The zero-order valence-corrected chi connectivity index (χ0v) is 23.6. The summed E-state index contributed by atoms with van der Waals surface area (Å²) in [5.74, 6) is 1.15. The molecule has 2 N–H and O–H groups in total. The molecule has 1 aromatic carbocycles. The Morgan fingerprint density at radius 1 is 1.28 bits per heavy atom. The average Bonchev–Trinajstić information content (AvgIpc) is 3.42. The highest BCUT2D eigenvalue weighted by atomic mass is 28.4. The van der Waals surface area contributed by atoms with Gasteiger partial charge in [-0.3, -0.25) is 4.68 Å². The topological polar surface area (TPSA) is 101 Å². The maximum atomic E-state index is 9.94. The zero-order valence-electron chi connectivity index (χ0n) is 22.6. The van der Waals surface area contributed by atoms with Gasteiger partial charge in [0.25, 0.3) is 0 Å². The third-order valence-electron chi connectivity index (χ3n) is 7.45. The van der Waals surface area contributed by atoms with Gasteiger partial charge in [0, 0.05) is 48.6 Å². The second-order valence-electron chi connectivity index (χ2n) is 11.7. The molecular formula is C27H37N7OSi. The van der Waals surface area contributed by atoms with Gasteiger partial charge >= 0.3 is 0 Å². The Kier molecular flexibility index (Phi) is 6.71. The van der Waals surface area contributed by atoms with E-state index in [0.717, 1.165) is 29.1 Å². The molecule has 190 valence electrons. The van der Waals surface area contributed by atoms with Gasteiger partial charge < -0.3 is 15.1 Å². The Morgan fingerprint density at radius 2 is 2.03 bits per heavy atom. The molecule has 0 saturated heterocycles. The van der Waals surface area contributed by atoms with E-state index in [9.17, 15) is 5.26 Å². The van der Waals surface area contributed by atoms with Gasteiger partial charge in [0.05, 0.1) is 16.9 Å². The van der Waals surface area contributed by atoms with Crippen molar-refractivity contribution in [3.05, 3.63) is 47.8 Å². The number of hydrogen-bond donors (Lipinski definition) is 2. The fourth-order valence-electron chi connectivity index (χ4n) is 3.99. The molecule has 0 spiro atoms. The molecule has 0 aliphatic carbocycles. The number of nitrogens with zero attached hydrogens (tertiary/aromatic N) is 5. The molecule has 1 unspecified atom stereocenters. The van der Waals surface area contributed by atoms with E-state index in [0.29, 0.717) is 23.9 Å². The minimum absolute atomic E-state index is 0.132. The van der Waals surface area contributed by atoms with Gasteiger partial charge in [-0.2, -0.15) is 10.4 Å². The Balaban J connectivity index is 1.65. The van der Waals surface area contributed by atoms with Crippen molar-refractivity contribution in [2.75, 3.05) is 23.8 Å². The highest BCUT2D eigenvalue weighted by Crippen LogP contribution is 2.44. The SMILES string of the molecule is CC(C)n1ccc(Nc2nccc(-c3cc(C#N)c4c(c3)C(C)(CO[Si](C)(C)C(C)(C)C)CN4)n2)n1. The van der Waals surface area contributed by atoms with Gasteiger partial charge in [-0.25, -0.2) is 9.97 Å². The van der Waals surface area contributed by atoms with Crippen LogP contribution < -0.4 is 10.6 Å². The van der Waals surface area contributed by atoms with Gasteiger partial charge in [0.1, 0.15) is 6.07 Å². The number of fused-ring (bicyclic) bond motifs is 1. The van der Waals surface area contributed by atoms with Crippen LogP contribution in [-0.4, -0.2) is 41.2 Å². The molecule has 0 fully saturated rings. The molecule has 1 atom stereocenters. The Labute approximate surface area is 215 Å².